The zero-order valence-electron chi connectivity index (χ0n) is 23.6. The number of benzene rings is 2. The molecule has 3 aromatic rings. The summed E-state index contributed by atoms with van der Waals surface area (Å²) in [5.74, 6) is 0.247. The van der Waals surface area contributed by atoms with Gasteiger partial charge in [0.1, 0.15) is 17.2 Å². The van der Waals surface area contributed by atoms with E-state index in [1.807, 2.05) is 25.3 Å². The number of hydrogen-bond acceptors (Lipinski definition) is 3. The van der Waals surface area contributed by atoms with E-state index in [2.05, 4.69) is 28.6 Å². The second kappa shape index (κ2) is 13.1. The number of nitrogens with one attached hydrogen (secondary N) is 1. The molecule has 2 aromatic carbocycles. The number of halogens is 2. The summed E-state index contributed by atoms with van der Waals surface area (Å²) in [4.78, 5) is 13.1. The predicted molar refractivity (Wildman–Crippen MR) is 162 cm³/mol. The van der Waals surface area contributed by atoms with E-state index in [0.29, 0.717) is 29.5 Å². The Hall–Kier alpha value is -4.00. The first-order chi connectivity index (χ1) is 19.9. The molecule has 1 amide bonds. The van der Waals surface area contributed by atoms with Crippen molar-refractivity contribution >= 4 is 29.7 Å². The van der Waals surface area contributed by atoms with Crippen LogP contribution in [0.15, 0.2) is 66.3 Å². The Labute approximate surface area is 240 Å². The molecule has 2 heterocycles. The molecule has 0 spiro atoms. The van der Waals surface area contributed by atoms with Gasteiger partial charge < -0.3 is 11.1 Å². The smallest absolute Gasteiger partial charge is 0.261 e. The van der Waals surface area contributed by atoms with Crippen molar-refractivity contribution in [2.75, 3.05) is 11.1 Å². The van der Waals surface area contributed by atoms with Gasteiger partial charge in [-0.15, -0.1) is 0 Å². The molecule has 41 heavy (non-hydrogen) atoms. The number of carbonyl (C=O) groups is 1. The van der Waals surface area contributed by atoms with Crippen molar-refractivity contribution in [3.8, 4) is 0 Å². The van der Waals surface area contributed by atoms with E-state index in [4.69, 9.17) is 5.73 Å². The number of nitrogens with zero attached hydrogens (tertiary/aromatic N) is 2. The van der Waals surface area contributed by atoms with Crippen LogP contribution in [0.3, 0.4) is 0 Å². The van der Waals surface area contributed by atoms with E-state index < -0.39 is 0 Å². The number of hydrogen-bond donors (Lipinski definition) is 2. The summed E-state index contributed by atoms with van der Waals surface area (Å²) in [6, 6.07) is 10.8. The second-order valence-corrected chi connectivity index (χ2v) is 11.1. The summed E-state index contributed by atoms with van der Waals surface area (Å²) in [6.07, 6.45) is 19.4. The lowest BCUT2D eigenvalue weighted by Gasteiger charge is -2.18. The first-order valence-corrected chi connectivity index (χ1v) is 14.6. The normalized spacial score (nSPS) is 21.6. The largest absolute Gasteiger partial charge is 0.382 e. The van der Waals surface area contributed by atoms with Crippen LogP contribution in [0.5, 0.6) is 0 Å². The van der Waals surface area contributed by atoms with Gasteiger partial charge in [-0.05, 0) is 117 Å². The molecular weight excluding hydrogens is 518 g/mol. The molecule has 2 atom stereocenters. The van der Waals surface area contributed by atoms with E-state index in [-0.39, 0.29) is 23.4 Å². The molecule has 5 rings (SSSR count). The highest BCUT2D eigenvalue weighted by Gasteiger charge is 2.24. The summed E-state index contributed by atoms with van der Waals surface area (Å²) < 4.78 is 29.1. The number of anilines is 2. The third-order valence-electron chi connectivity index (χ3n) is 8.27. The molecule has 1 aliphatic carbocycles. The zero-order chi connectivity index (χ0) is 28.8. The van der Waals surface area contributed by atoms with Gasteiger partial charge in [-0.3, -0.25) is 4.79 Å². The highest BCUT2D eigenvalue weighted by molar-refractivity contribution is 6.08. The number of nitrogen functional groups attached to an aromatic ring is 1. The minimum absolute atomic E-state index is 0.162. The van der Waals surface area contributed by atoms with Crippen LogP contribution in [-0.2, 0) is 6.42 Å². The predicted octanol–water partition coefficient (Wildman–Crippen LogP) is 8.52. The van der Waals surface area contributed by atoms with Crippen LogP contribution in [0, 0.1) is 17.6 Å². The Kier molecular flexibility index (Phi) is 9.12. The molecule has 1 aliphatic heterocycles. The summed E-state index contributed by atoms with van der Waals surface area (Å²) in [6.45, 7) is 2.00. The molecule has 1 fully saturated rings. The molecule has 2 aliphatic rings. The fourth-order valence-corrected chi connectivity index (χ4v) is 6.23. The van der Waals surface area contributed by atoms with Crippen molar-refractivity contribution in [1.82, 2.24) is 9.78 Å². The Balaban J connectivity index is 1.27. The number of allylic oxidation sites excluding steroid dienone is 4. The van der Waals surface area contributed by atoms with E-state index in [1.165, 1.54) is 29.8 Å². The van der Waals surface area contributed by atoms with Gasteiger partial charge in [0.25, 0.3) is 5.91 Å². The van der Waals surface area contributed by atoms with Crippen molar-refractivity contribution in [1.29, 1.82) is 0 Å². The maximum absolute atomic E-state index is 14.1. The van der Waals surface area contributed by atoms with Gasteiger partial charge in [0.15, 0.2) is 5.82 Å². The number of amides is 1. The van der Waals surface area contributed by atoms with Crippen LogP contribution in [0.25, 0.3) is 12.3 Å². The molecule has 1 aromatic heterocycles. The molecule has 0 bridgehead atoms. The summed E-state index contributed by atoms with van der Waals surface area (Å²) in [5, 5.41) is 7.28. The third kappa shape index (κ3) is 7.02. The molecular formula is C34H38F2N4O. The molecule has 7 heteroatoms. The van der Waals surface area contributed by atoms with Crippen LogP contribution >= 0.6 is 0 Å². The number of fused-ring (bicyclic) bond motifs is 1. The van der Waals surface area contributed by atoms with Gasteiger partial charge in [0.05, 0.1) is 5.69 Å². The molecule has 1 unspecified atom stereocenters. The number of carbonyl (C=O) groups excluding carboxylic acids is 1. The lowest BCUT2D eigenvalue weighted by atomic mass is 9.87. The lowest BCUT2D eigenvalue weighted by molar-refractivity contribution is 0.102. The van der Waals surface area contributed by atoms with Gasteiger partial charge in [-0.1, -0.05) is 42.7 Å². The van der Waals surface area contributed by atoms with Crippen LogP contribution in [0.1, 0.15) is 91.4 Å². The highest BCUT2D eigenvalue weighted by atomic mass is 19.1. The van der Waals surface area contributed by atoms with E-state index in [0.717, 1.165) is 68.2 Å². The molecule has 0 saturated heterocycles. The Morgan fingerprint density at radius 2 is 1.88 bits per heavy atom. The fraction of sp³-hybridized carbons (Fsp3) is 0.353. The van der Waals surface area contributed by atoms with Crippen molar-refractivity contribution in [3.05, 3.63) is 100 Å². The van der Waals surface area contributed by atoms with Crippen molar-refractivity contribution in [2.45, 2.75) is 70.6 Å². The quantitative estimate of drug-likeness (QED) is 0.299. The summed E-state index contributed by atoms with van der Waals surface area (Å²) >= 11 is 0. The third-order valence-corrected chi connectivity index (χ3v) is 8.27. The van der Waals surface area contributed by atoms with Crippen LogP contribution in [-0.4, -0.2) is 15.7 Å². The average Bonchev–Trinajstić information content (AvgIpc) is 3.14. The average molecular weight is 557 g/mol. The summed E-state index contributed by atoms with van der Waals surface area (Å²) in [7, 11) is 0. The van der Waals surface area contributed by atoms with Gasteiger partial charge in [-0.25, -0.2) is 13.5 Å². The number of rotatable bonds is 6. The highest BCUT2D eigenvalue weighted by Crippen LogP contribution is 2.38. The fourth-order valence-electron chi connectivity index (χ4n) is 6.23. The molecule has 214 valence electrons. The van der Waals surface area contributed by atoms with Gasteiger partial charge in [0.2, 0.25) is 0 Å². The van der Waals surface area contributed by atoms with Crippen LogP contribution < -0.4 is 11.1 Å². The van der Waals surface area contributed by atoms with Crippen LogP contribution in [0.4, 0.5) is 20.3 Å². The molecule has 3 N–H and O–H groups in total. The number of aromatic nitrogens is 2. The minimum Gasteiger partial charge on any atom is -0.382 e. The SMILES string of the molecule is C/C=C/c1ccc(F)cc1[C@H]1CCCC(CC2=C/CCCc3c(C(=O)Nc4ccc(F)cc4)c(N)nn3/C=C\2)CC1. The topological polar surface area (TPSA) is 72.9 Å². The Morgan fingerprint density at radius 1 is 1.07 bits per heavy atom. The van der Waals surface area contributed by atoms with Crippen LogP contribution in [0.2, 0.25) is 0 Å². The zero-order valence-corrected chi connectivity index (χ0v) is 23.6. The van der Waals surface area contributed by atoms with Crippen molar-refractivity contribution in [3.63, 3.8) is 0 Å². The van der Waals surface area contributed by atoms with Crippen molar-refractivity contribution < 1.29 is 13.6 Å². The maximum atomic E-state index is 14.1. The first-order valence-electron chi connectivity index (χ1n) is 14.6. The Morgan fingerprint density at radius 3 is 2.68 bits per heavy atom. The molecule has 1 saturated carbocycles. The number of nitrogens with two attached hydrogens (primary N) is 1. The van der Waals surface area contributed by atoms with Gasteiger partial charge in [-0.2, -0.15) is 5.10 Å². The second-order valence-electron chi connectivity index (χ2n) is 11.1. The monoisotopic (exact) mass is 556 g/mol. The molecule has 0 radical (unpaired) electrons. The lowest BCUT2D eigenvalue weighted by Crippen LogP contribution is -2.15. The van der Waals surface area contributed by atoms with E-state index in [1.54, 1.807) is 16.8 Å². The Bertz CT molecular complexity index is 1470. The maximum Gasteiger partial charge on any atom is 0.261 e. The molecule has 5 nitrogen and oxygen atoms in total. The van der Waals surface area contributed by atoms with Crippen molar-refractivity contribution in [2.24, 2.45) is 5.92 Å². The van der Waals surface area contributed by atoms with Gasteiger partial charge in [0, 0.05) is 11.9 Å². The first kappa shape index (κ1) is 28.5. The van der Waals surface area contributed by atoms with E-state index in [9.17, 15) is 13.6 Å². The van der Waals surface area contributed by atoms with Gasteiger partial charge >= 0.3 is 0 Å². The summed E-state index contributed by atoms with van der Waals surface area (Å²) in [5.41, 5.74) is 11.4. The van der Waals surface area contributed by atoms with E-state index >= 15 is 0 Å². The standard InChI is InChI=1S/C34H38F2N4O/c1-2-6-25-13-14-28(36)22-30(25)26-9-5-8-23(11-12-26)21-24-7-3-4-10-31-32(33(37)39-40(31)20-19-24)34(41)38-29-17-15-27(35)16-18-29/h2,6-7,13-20,22-23,26H,3-5,8-12,21H2,1H3,(H2,37,39)(H,38,41)/b6-2+,20-19-,24-7+/t23?,26-/m0/s1. The minimum atomic E-state index is -0.364.